The van der Waals surface area contributed by atoms with Gasteiger partial charge in [-0.1, -0.05) is 6.42 Å². The quantitative estimate of drug-likeness (QED) is 0.806. The van der Waals surface area contributed by atoms with E-state index in [1.54, 1.807) is 9.80 Å². The van der Waals surface area contributed by atoms with Crippen LogP contribution in [0.3, 0.4) is 0 Å². The van der Waals surface area contributed by atoms with Crippen LogP contribution in [-0.2, 0) is 19.1 Å². The first kappa shape index (κ1) is 16.2. The van der Waals surface area contributed by atoms with Crippen molar-refractivity contribution < 1.29 is 24.2 Å². The summed E-state index contributed by atoms with van der Waals surface area (Å²) in [5.41, 5.74) is -0.746. The number of morpholine rings is 1. The van der Waals surface area contributed by atoms with Crippen molar-refractivity contribution in [3.8, 4) is 0 Å². The van der Waals surface area contributed by atoms with E-state index in [4.69, 9.17) is 4.74 Å². The minimum Gasteiger partial charge on any atom is -0.481 e. The number of carboxylic acid groups (broad SMARTS) is 1. The number of hydrogen-bond donors (Lipinski definition) is 1. The predicted molar refractivity (Wildman–Crippen MR) is 80.6 cm³/mol. The summed E-state index contributed by atoms with van der Waals surface area (Å²) in [7, 11) is 0. The van der Waals surface area contributed by atoms with Gasteiger partial charge in [-0.05, 0) is 18.8 Å². The predicted octanol–water partition coefficient (Wildman–Crippen LogP) is 0.339. The molecule has 7 heteroatoms. The Morgan fingerprint density at radius 1 is 1.09 bits per heavy atom. The minimum absolute atomic E-state index is 0.0195. The van der Waals surface area contributed by atoms with Crippen LogP contribution in [0.15, 0.2) is 0 Å². The van der Waals surface area contributed by atoms with Gasteiger partial charge in [0.05, 0.1) is 18.6 Å². The summed E-state index contributed by atoms with van der Waals surface area (Å²) >= 11 is 0. The number of carboxylic acids is 1. The molecule has 2 atom stereocenters. The van der Waals surface area contributed by atoms with E-state index in [1.165, 1.54) is 0 Å². The Balaban J connectivity index is 1.51. The maximum atomic E-state index is 12.4. The van der Waals surface area contributed by atoms with E-state index >= 15 is 0 Å². The fourth-order valence-corrected chi connectivity index (χ4v) is 4.17. The molecule has 3 aliphatic rings. The lowest BCUT2D eigenvalue weighted by atomic mass is 9.81. The molecule has 2 heterocycles. The smallest absolute Gasteiger partial charge is 0.311 e. The standard InChI is InChI=1S/C16H24N2O5/c19-13(17-6-8-23-9-7-17)3-4-14(20)18-10-12-2-1-5-16(12,11-18)15(21)22/h12H,1-11H2,(H,21,22)/t12-,16+/m0/s1. The molecule has 1 N–H and O–H groups in total. The third-order valence-electron chi connectivity index (χ3n) is 5.57. The van der Waals surface area contributed by atoms with Gasteiger partial charge in [0.15, 0.2) is 0 Å². The van der Waals surface area contributed by atoms with Crippen molar-refractivity contribution in [2.75, 3.05) is 39.4 Å². The lowest BCUT2D eigenvalue weighted by Gasteiger charge is -2.27. The maximum absolute atomic E-state index is 12.4. The first-order valence-electron chi connectivity index (χ1n) is 8.39. The first-order chi connectivity index (χ1) is 11.0. The fourth-order valence-electron chi connectivity index (χ4n) is 4.17. The molecule has 2 aliphatic heterocycles. The maximum Gasteiger partial charge on any atom is 0.311 e. The van der Waals surface area contributed by atoms with Crippen molar-refractivity contribution >= 4 is 17.8 Å². The Morgan fingerprint density at radius 2 is 1.74 bits per heavy atom. The lowest BCUT2D eigenvalue weighted by molar-refractivity contribution is -0.149. The fraction of sp³-hybridized carbons (Fsp3) is 0.812. The summed E-state index contributed by atoms with van der Waals surface area (Å²) in [6, 6.07) is 0. The summed E-state index contributed by atoms with van der Waals surface area (Å²) in [6.45, 7) is 3.10. The highest BCUT2D eigenvalue weighted by atomic mass is 16.5. The molecule has 0 bridgehead atoms. The second-order valence-corrected chi connectivity index (χ2v) is 6.82. The van der Waals surface area contributed by atoms with Crippen LogP contribution in [-0.4, -0.2) is 72.1 Å². The first-order valence-corrected chi connectivity index (χ1v) is 8.39. The van der Waals surface area contributed by atoms with Crippen molar-refractivity contribution in [1.82, 2.24) is 9.80 Å². The second-order valence-electron chi connectivity index (χ2n) is 6.82. The van der Waals surface area contributed by atoms with Crippen molar-refractivity contribution in [2.45, 2.75) is 32.1 Å². The molecule has 2 amide bonds. The number of rotatable bonds is 4. The van der Waals surface area contributed by atoms with Crippen LogP contribution < -0.4 is 0 Å². The van der Waals surface area contributed by atoms with Gasteiger partial charge in [0.1, 0.15) is 0 Å². The molecule has 128 valence electrons. The summed E-state index contributed by atoms with van der Waals surface area (Å²) in [5.74, 6) is -0.825. The van der Waals surface area contributed by atoms with Gasteiger partial charge in [0, 0.05) is 39.0 Å². The van der Waals surface area contributed by atoms with E-state index in [-0.39, 0.29) is 30.6 Å². The van der Waals surface area contributed by atoms with Gasteiger partial charge in [-0.15, -0.1) is 0 Å². The Hall–Kier alpha value is -1.63. The van der Waals surface area contributed by atoms with Crippen LogP contribution in [0.4, 0.5) is 0 Å². The molecule has 7 nitrogen and oxygen atoms in total. The van der Waals surface area contributed by atoms with Crippen LogP contribution >= 0.6 is 0 Å². The molecule has 0 aromatic carbocycles. The minimum atomic E-state index is -0.778. The molecule has 0 aromatic rings. The van der Waals surface area contributed by atoms with E-state index in [0.29, 0.717) is 45.8 Å². The van der Waals surface area contributed by atoms with E-state index in [1.807, 2.05) is 0 Å². The van der Waals surface area contributed by atoms with Crippen molar-refractivity contribution in [3.05, 3.63) is 0 Å². The molecular weight excluding hydrogens is 300 g/mol. The highest BCUT2D eigenvalue weighted by Crippen LogP contribution is 2.48. The Morgan fingerprint density at radius 3 is 2.35 bits per heavy atom. The molecule has 23 heavy (non-hydrogen) atoms. The molecule has 0 spiro atoms. The normalized spacial score (nSPS) is 30.3. The monoisotopic (exact) mass is 324 g/mol. The molecule has 3 fully saturated rings. The van der Waals surface area contributed by atoms with Crippen LogP contribution in [0.2, 0.25) is 0 Å². The van der Waals surface area contributed by atoms with E-state index < -0.39 is 11.4 Å². The lowest BCUT2D eigenvalue weighted by Crippen LogP contribution is -2.41. The van der Waals surface area contributed by atoms with Crippen LogP contribution in [0.5, 0.6) is 0 Å². The topological polar surface area (TPSA) is 87.2 Å². The Kier molecular flexibility index (Phi) is 4.57. The number of carbonyl (C=O) groups is 3. The van der Waals surface area contributed by atoms with Gasteiger partial charge in [0.2, 0.25) is 11.8 Å². The van der Waals surface area contributed by atoms with Gasteiger partial charge in [-0.25, -0.2) is 0 Å². The van der Waals surface area contributed by atoms with Crippen LogP contribution in [0, 0.1) is 11.3 Å². The molecule has 1 aliphatic carbocycles. The summed E-state index contributed by atoms with van der Waals surface area (Å²) in [4.78, 5) is 39.5. The van der Waals surface area contributed by atoms with E-state index in [2.05, 4.69) is 0 Å². The SMILES string of the molecule is O=C(CCC(=O)N1C[C@@H]2CCC[C@@]2(C(=O)O)C1)N1CCOCC1. The van der Waals surface area contributed by atoms with Crippen molar-refractivity contribution in [3.63, 3.8) is 0 Å². The highest BCUT2D eigenvalue weighted by molar-refractivity contribution is 5.85. The summed E-state index contributed by atoms with van der Waals surface area (Å²) in [6.07, 6.45) is 2.82. The zero-order chi connectivity index (χ0) is 16.4. The number of nitrogens with zero attached hydrogens (tertiary/aromatic N) is 2. The van der Waals surface area contributed by atoms with Gasteiger partial charge < -0.3 is 19.6 Å². The number of carbonyl (C=O) groups excluding carboxylic acids is 2. The third-order valence-corrected chi connectivity index (χ3v) is 5.57. The van der Waals surface area contributed by atoms with Gasteiger partial charge in [-0.2, -0.15) is 0 Å². The number of ether oxygens (including phenoxy) is 1. The Labute approximate surface area is 135 Å². The molecular formula is C16H24N2O5. The van der Waals surface area contributed by atoms with Crippen molar-refractivity contribution in [1.29, 1.82) is 0 Å². The Bertz CT molecular complexity index is 503. The summed E-state index contributed by atoms with van der Waals surface area (Å²) in [5, 5.41) is 9.55. The van der Waals surface area contributed by atoms with Gasteiger partial charge in [-0.3, -0.25) is 14.4 Å². The highest BCUT2D eigenvalue weighted by Gasteiger charge is 2.55. The van der Waals surface area contributed by atoms with E-state index in [9.17, 15) is 19.5 Å². The molecule has 0 radical (unpaired) electrons. The largest absolute Gasteiger partial charge is 0.481 e. The van der Waals surface area contributed by atoms with Crippen LogP contribution in [0.1, 0.15) is 32.1 Å². The average molecular weight is 324 g/mol. The summed E-state index contributed by atoms with van der Waals surface area (Å²) < 4.78 is 5.21. The molecule has 2 saturated heterocycles. The second kappa shape index (κ2) is 6.47. The molecule has 0 unspecified atom stereocenters. The number of aliphatic carboxylic acids is 1. The number of hydrogen-bond acceptors (Lipinski definition) is 4. The van der Waals surface area contributed by atoms with Gasteiger partial charge >= 0.3 is 5.97 Å². The molecule has 0 aromatic heterocycles. The molecule has 3 rings (SSSR count). The van der Waals surface area contributed by atoms with E-state index in [0.717, 1.165) is 12.8 Å². The molecule has 1 saturated carbocycles. The third kappa shape index (κ3) is 3.06. The van der Waals surface area contributed by atoms with Gasteiger partial charge in [0.25, 0.3) is 0 Å². The average Bonchev–Trinajstić information content (AvgIpc) is 3.11. The number of amides is 2. The number of likely N-dealkylation sites (tertiary alicyclic amines) is 1. The van der Waals surface area contributed by atoms with Crippen LogP contribution in [0.25, 0.3) is 0 Å². The van der Waals surface area contributed by atoms with Crippen molar-refractivity contribution in [2.24, 2.45) is 11.3 Å². The zero-order valence-electron chi connectivity index (χ0n) is 13.3. The number of fused-ring (bicyclic) bond motifs is 1. The zero-order valence-corrected chi connectivity index (χ0v) is 13.3.